The third-order valence-electron chi connectivity index (χ3n) is 1.82. The number of benzene rings is 1. The van der Waals surface area contributed by atoms with E-state index in [-0.39, 0.29) is 5.91 Å². The fourth-order valence-corrected chi connectivity index (χ4v) is 1.26. The van der Waals surface area contributed by atoms with Gasteiger partial charge in [0.05, 0.1) is 5.88 Å². The summed E-state index contributed by atoms with van der Waals surface area (Å²) >= 11 is 4.04. The van der Waals surface area contributed by atoms with Crippen molar-refractivity contribution in [1.29, 1.82) is 0 Å². The number of hydrogen-bond acceptors (Lipinski definition) is 3. The first kappa shape index (κ1) is 10.9. The van der Waals surface area contributed by atoms with Crippen molar-refractivity contribution >= 4 is 24.2 Å². The van der Waals surface area contributed by atoms with Gasteiger partial charge in [0.15, 0.2) is 0 Å². The standard InChI is InChI=1S/C10H14N2OS/c1-12(2)10(13)8-3-5-9(6-4-8)11-7-14/h3-6,11,14H,7H2,1-2H3. The molecule has 0 aliphatic carbocycles. The van der Waals surface area contributed by atoms with Crippen LogP contribution in [0.4, 0.5) is 5.69 Å². The second-order valence-electron chi connectivity index (χ2n) is 3.11. The quantitative estimate of drug-likeness (QED) is 0.588. The predicted octanol–water partition coefficient (Wildman–Crippen LogP) is 1.69. The number of nitrogens with one attached hydrogen (secondary N) is 1. The summed E-state index contributed by atoms with van der Waals surface area (Å²) in [6, 6.07) is 7.34. The van der Waals surface area contributed by atoms with Gasteiger partial charge >= 0.3 is 0 Å². The van der Waals surface area contributed by atoms with Crippen LogP contribution in [0.3, 0.4) is 0 Å². The first-order valence-corrected chi connectivity index (χ1v) is 4.95. The summed E-state index contributed by atoms with van der Waals surface area (Å²) in [5.74, 6) is 0.600. The summed E-state index contributed by atoms with van der Waals surface area (Å²) in [6.07, 6.45) is 0. The summed E-state index contributed by atoms with van der Waals surface area (Å²) in [6.45, 7) is 0. The summed E-state index contributed by atoms with van der Waals surface area (Å²) in [7, 11) is 3.48. The van der Waals surface area contributed by atoms with Crippen molar-refractivity contribution in [3.05, 3.63) is 29.8 Å². The number of thiol groups is 1. The van der Waals surface area contributed by atoms with Crippen LogP contribution in [0.5, 0.6) is 0 Å². The van der Waals surface area contributed by atoms with E-state index >= 15 is 0 Å². The largest absolute Gasteiger partial charge is 0.376 e. The van der Waals surface area contributed by atoms with E-state index in [1.165, 1.54) is 0 Å². The number of hydrogen-bond donors (Lipinski definition) is 2. The number of nitrogens with zero attached hydrogens (tertiary/aromatic N) is 1. The molecule has 0 bridgehead atoms. The maximum Gasteiger partial charge on any atom is 0.253 e. The van der Waals surface area contributed by atoms with E-state index < -0.39 is 0 Å². The number of carbonyl (C=O) groups excluding carboxylic acids is 1. The molecular weight excluding hydrogens is 196 g/mol. The molecule has 4 heteroatoms. The number of carbonyl (C=O) groups is 1. The van der Waals surface area contributed by atoms with E-state index in [1.807, 2.05) is 12.1 Å². The molecular formula is C10H14N2OS. The molecule has 0 heterocycles. The van der Waals surface area contributed by atoms with E-state index in [2.05, 4.69) is 17.9 Å². The summed E-state index contributed by atoms with van der Waals surface area (Å²) in [5, 5.41) is 3.04. The zero-order valence-electron chi connectivity index (χ0n) is 8.32. The molecule has 0 spiro atoms. The maximum absolute atomic E-state index is 11.5. The molecule has 0 aliphatic rings. The highest BCUT2D eigenvalue weighted by atomic mass is 32.1. The normalized spacial score (nSPS) is 9.64. The van der Waals surface area contributed by atoms with Gasteiger partial charge in [-0.15, -0.1) is 0 Å². The van der Waals surface area contributed by atoms with Gasteiger partial charge in [0.25, 0.3) is 5.91 Å². The zero-order valence-corrected chi connectivity index (χ0v) is 9.21. The van der Waals surface area contributed by atoms with Crippen molar-refractivity contribution < 1.29 is 4.79 Å². The third-order valence-corrected chi connectivity index (χ3v) is 1.98. The van der Waals surface area contributed by atoms with Gasteiger partial charge < -0.3 is 10.2 Å². The van der Waals surface area contributed by atoms with Crippen LogP contribution in [0.15, 0.2) is 24.3 Å². The fourth-order valence-electron chi connectivity index (χ4n) is 1.08. The average molecular weight is 210 g/mol. The highest BCUT2D eigenvalue weighted by Gasteiger charge is 2.06. The van der Waals surface area contributed by atoms with Crippen LogP contribution in [0, 0.1) is 0 Å². The molecule has 1 aromatic rings. The second kappa shape index (κ2) is 4.91. The molecule has 0 aliphatic heterocycles. The average Bonchev–Trinajstić information content (AvgIpc) is 2.18. The Labute approximate surface area is 89.5 Å². The smallest absolute Gasteiger partial charge is 0.253 e. The van der Waals surface area contributed by atoms with Gasteiger partial charge in [-0.1, -0.05) is 0 Å². The van der Waals surface area contributed by atoms with E-state index in [9.17, 15) is 4.79 Å². The molecule has 1 N–H and O–H groups in total. The van der Waals surface area contributed by atoms with Crippen molar-refractivity contribution in [2.45, 2.75) is 0 Å². The van der Waals surface area contributed by atoms with Crippen molar-refractivity contribution in [3.8, 4) is 0 Å². The van der Waals surface area contributed by atoms with Crippen LogP contribution in [0.1, 0.15) is 10.4 Å². The summed E-state index contributed by atoms with van der Waals surface area (Å²) in [4.78, 5) is 13.1. The Morgan fingerprint density at radius 3 is 2.36 bits per heavy atom. The minimum Gasteiger partial charge on any atom is -0.376 e. The highest BCUT2D eigenvalue weighted by molar-refractivity contribution is 7.80. The maximum atomic E-state index is 11.5. The number of anilines is 1. The first-order valence-electron chi connectivity index (χ1n) is 4.31. The molecule has 0 fully saturated rings. The third kappa shape index (κ3) is 2.67. The van der Waals surface area contributed by atoms with E-state index in [1.54, 1.807) is 31.1 Å². The SMILES string of the molecule is CN(C)C(=O)c1ccc(NCS)cc1. The molecule has 0 aromatic heterocycles. The Hall–Kier alpha value is -1.16. The van der Waals surface area contributed by atoms with Gasteiger partial charge in [-0.2, -0.15) is 12.6 Å². The van der Waals surface area contributed by atoms with Crippen LogP contribution < -0.4 is 5.32 Å². The van der Waals surface area contributed by atoms with E-state index in [0.29, 0.717) is 11.4 Å². The molecule has 0 saturated carbocycles. The predicted molar refractivity (Wildman–Crippen MR) is 61.9 cm³/mol. The molecule has 0 atom stereocenters. The highest BCUT2D eigenvalue weighted by Crippen LogP contribution is 2.10. The molecule has 1 amide bonds. The molecule has 0 radical (unpaired) electrons. The van der Waals surface area contributed by atoms with Crippen molar-refractivity contribution in [2.75, 3.05) is 25.3 Å². The molecule has 0 saturated heterocycles. The lowest BCUT2D eigenvalue weighted by atomic mass is 10.2. The van der Waals surface area contributed by atoms with Crippen LogP contribution in [0.25, 0.3) is 0 Å². The van der Waals surface area contributed by atoms with Gasteiger partial charge in [-0.05, 0) is 24.3 Å². The lowest BCUT2D eigenvalue weighted by Crippen LogP contribution is -2.21. The van der Waals surface area contributed by atoms with Crippen LogP contribution in [-0.2, 0) is 0 Å². The minimum atomic E-state index is 0.0161. The van der Waals surface area contributed by atoms with Crippen LogP contribution in [-0.4, -0.2) is 30.8 Å². The molecule has 76 valence electrons. The first-order chi connectivity index (χ1) is 6.65. The monoisotopic (exact) mass is 210 g/mol. The zero-order chi connectivity index (χ0) is 10.6. The minimum absolute atomic E-state index is 0.0161. The molecule has 3 nitrogen and oxygen atoms in total. The topological polar surface area (TPSA) is 32.3 Å². The molecule has 1 aromatic carbocycles. The summed E-state index contributed by atoms with van der Waals surface area (Å²) in [5.41, 5.74) is 1.66. The fraction of sp³-hybridized carbons (Fsp3) is 0.300. The Balaban J connectivity index is 2.78. The molecule has 1 rings (SSSR count). The Bertz CT molecular complexity index is 308. The molecule has 0 unspecified atom stereocenters. The Morgan fingerprint density at radius 2 is 1.93 bits per heavy atom. The number of amides is 1. The van der Waals surface area contributed by atoms with Gasteiger partial charge in [0.1, 0.15) is 0 Å². The lowest BCUT2D eigenvalue weighted by molar-refractivity contribution is 0.0827. The Kier molecular flexibility index (Phi) is 3.83. The van der Waals surface area contributed by atoms with E-state index in [0.717, 1.165) is 5.69 Å². The van der Waals surface area contributed by atoms with Crippen molar-refractivity contribution in [3.63, 3.8) is 0 Å². The summed E-state index contributed by atoms with van der Waals surface area (Å²) < 4.78 is 0. The van der Waals surface area contributed by atoms with Gasteiger partial charge in [-0.3, -0.25) is 4.79 Å². The van der Waals surface area contributed by atoms with Crippen LogP contribution >= 0.6 is 12.6 Å². The van der Waals surface area contributed by atoms with Crippen LogP contribution in [0.2, 0.25) is 0 Å². The van der Waals surface area contributed by atoms with Crippen molar-refractivity contribution in [1.82, 2.24) is 4.90 Å². The Morgan fingerprint density at radius 1 is 1.36 bits per heavy atom. The van der Waals surface area contributed by atoms with Gasteiger partial charge in [0, 0.05) is 25.3 Å². The second-order valence-corrected chi connectivity index (χ2v) is 3.43. The molecule has 14 heavy (non-hydrogen) atoms. The van der Waals surface area contributed by atoms with Crippen molar-refractivity contribution in [2.24, 2.45) is 0 Å². The van der Waals surface area contributed by atoms with Gasteiger partial charge in [-0.25, -0.2) is 0 Å². The lowest BCUT2D eigenvalue weighted by Gasteiger charge is -2.10. The van der Waals surface area contributed by atoms with Gasteiger partial charge in [0.2, 0.25) is 0 Å². The van der Waals surface area contributed by atoms with E-state index in [4.69, 9.17) is 0 Å². The number of rotatable bonds is 3.